The van der Waals surface area contributed by atoms with Crippen LogP contribution in [0.1, 0.15) is 38.8 Å². The van der Waals surface area contributed by atoms with Gasteiger partial charge in [0.15, 0.2) is 0 Å². The van der Waals surface area contributed by atoms with Crippen molar-refractivity contribution in [2.24, 2.45) is 0 Å². The van der Waals surface area contributed by atoms with Gasteiger partial charge in [-0.25, -0.2) is 4.98 Å². The number of aryl methyl sites for hydroxylation is 1. The molecule has 0 fully saturated rings. The normalized spacial score (nSPS) is 10.1. The maximum Gasteiger partial charge on any atom is 0.213 e. The number of aromatic nitrogens is 1. The summed E-state index contributed by atoms with van der Waals surface area (Å²) in [5, 5.41) is 0. The van der Waals surface area contributed by atoms with Crippen LogP contribution in [0.2, 0.25) is 0 Å². The van der Waals surface area contributed by atoms with Gasteiger partial charge in [-0.15, -0.1) is 0 Å². The van der Waals surface area contributed by atoms with Crippen LogP contribution in [-0.2, 0) is 6.42 Å². The first-order valence-corrected chi connectivity index (χ1v) is 5.45. The van der Waals surface area contributed by atoms with E-state index in [1.54, 1.807) is 0 Å². The van der Waals surface area contributed by atoms with E-state index in [9.17, 15) is 0 Å². The van der Waals surface area contributed by atoms with E-state index in [-0.39, 0.29) is 0 Å². The van der Waals surface area contributed by atoms with E-state index >= 15 is 0 Å². The summed E-state index contributed by atoms with van der Waals surface area (Å²) >= 11 is 0. The molecule has 0 aliphatic heterocycles. The predicted molar refractivity (Wildman–Crippen MR) is 58.6 cm³/mol. The zero-order valence-electron chi connectivity index (χ0n) is 9.12. The molecule has 0 saturated carbocycles. The van der Waals surface area contributed by atoms with Crippen molar-refractivity contribution in [1.82, 2.24) is 4.98 Å². The standard InChI is InChI=1S/C12H19NO/c1-3-5-6-10-14-12-9-7-8-11(4-2)13-12/h7-9H,3-6,10H2,1-2H3. The van der Waals surface area contributed by atoms with Gasteiger partial charge in [0, 0.05) is 11.8 Å². The molecule has 78 valence electrons. The second-order valence-corrected chi connectivity index (χ2v) is 3.38. The molecule has 1 aromatic rings. The fourth-order valence-electron chi connectivity index (χ4n) is 1.26. The molecule has 1 heterocycles. The van der Waals surface area contributed by atoms with Gasteiger partial charge in [0.05, 0.1) is 6.61 Å². The lowest BCUT2D eigenvalue weighted by atomic mass is 10.3. The van der Waals surface area contributed by atoms with Crippen molar-refractivity contribution in [2.75, 3.05) is 6.61 Å². The Morgan fingerprint density at radius 1 is 1.21 bits per heavy atom. The Bertz CT molecular complexity index is 260. The molecular formula is C12H19NO. The van der Waals surface area contributed by atoms with Crippen LogP contribution in [0.4, 0.5) is 0 Å². The molecule has 0 aliphatic carbocycles. The molecular weight excluding hydrogens is 174 g/mol. The van der Waals surface area contributed by atoms with E-state index in [2.05, 4.69) is 18.8 Å². The molecule has 0 aliphatic rings. The molecule has 1 aromatic heterocycles. The highest BCUT2D eigenvalue weighted by atomic mass is 16.5. The van der Waals surface area contributed by atoms with E-state index < -0.39 is 0 Å². The number of rotatable bonds is 6. The van der Waals surface area contributed by atoms with Gasteiger partial charge in [0.1, 0.15) is 0 Å². The Hall–Kier alpha value is -1.05. The smallest absolute Gasteiger partial charge is 0.213 e. The third kappa shape index (κ3) is 3.77. The van der Waals surface area contributed by atoms with Crippen molar-refractivity contribution in [3.63, 3.8) is 0 Å². The maximum atomic E-state index is 5.54. The Labute approximate surface area is 86.3 Å². The lowest BCUT2D eigenvalue weighted by Gasteiger charge is -2.05. The molecule has 0 radical (unpaired) electrons. The second-order valence-electron chi connectivity index (χ2n) is 3.38. The summed E-state index contributed by atoms with van der Waals surface area (Å²) in [4.78, 5) is 4.37. The van der Waals surface area contributed by atoms with Gasteiger partial charge in [-0.2, -0.15) is 0 Å². The second kappa shape index (κ2) is 6.41. The van der Waals surface area contributed by atoms with Crippen molar-refractivity contribution >= 4 is 0 Å². The summed E-state index contributed by atoms with van der Waals surface area (Å²) in [7, 11) is 0. The average Bonchev–Trinajstić information content (AvgIpc) is 2.25. The molecule has 0 saturated heterocycles. The molecule has 14 heavy (non-hydrogen) atoms. The lowest BCUT2D eigenvalue weighted by molar-refractivity contribution is 0.294. The molecule has 2 heteroatoms. The zero-order valence-corrected chi connectivity index (χ0v) is 9.12. The van der Waals surface area contributed by atoms with Crippen molar-refractivity contribution in [1.29, 1.82) is 0 Å². The van der Waals surface area contributed by atoms with Crippen molar-refractivity contribution in [3.8, 4) is 5.88 Å². The Morgan fingerprint density at radius 2 is 2.07 bits per heavy atom. The molecule has 0 bridgehead atoms. The average molecular weight is 193 g/mol. The van der Waals surface area contributed by atoms with Crippen LogP contribution in [0.25, 0.3) is 0 Å². The summed E-state index contributed by atoms with van der Waals surface area (Å²) < 4.78 is 5.54. The highest BCUT2D eigenvalue weighted by Crippen LogP contribution is 2.08. The van der Waals surface area contributed by atoms with Crippen LogP contribution in [0.15, 0.2) is 18.2 Å². The summed E-state index contributed by atoms with van der Waals surface area (Å²) in [6.07, 6.45) is 4.54. The number of ether oxygens (including phenoxy) is 1. The van der Waals surface area contributed by atoms with E-state index in [1.807, 2.05) is 18.2 Å². The topological polar surface area (TPSA) is 22.1 Å². The molecule has 0 N–H and O–H groups in total. The number of nitrogens with zero attached hydrogens (tertiary/aromatic N) is 1. The third-order valence-electron chi connectivity index (χ3n) is 2.14. The van der Waals surface area contributed by atoms with Crippen LogP contribution in [0, 0.1) is 0 Å². The molecule has 0 unspecified atom stereocenters. The largest absolute Gasteiger partial charge is 0.478 e. The minimum absolute atomic E-state index is 0.764. The fourth-order valence-corrected chi connectivity index (χ4v) is 1.26. The van der Waals surface area contributed by atoms with E-state index in [4.69, 9.17) is 4.74 Å². The van der Waals surface area contributed by atoms with Gasteiger partial charge in [-0.05, 0) is 18.9 Å². The molecule has 0 aromatic carbocycles. The van der Waals surface area contributed by atoms with Crippen LogP contribution in [0.3, 0.4) is 0 Å². The Kier molecular flexibility index (Phi) is 5.05. The van der Waals surface area contributed by atoms with E-state index in [0.29, 0.717) is 0 Å². The minimum atomic E-state index is 0.764. The Balaban J connectivity index is 2.34. The first-order chi connectivity index (χ1) is 6.86. The van der Waals surface area contributed by atoms with Crippen LogP contribution in [0.5, 0.6) is 5.88 Å². The first-order valence-electron chi connectivity index (χ1n) is 5.45. The van der Waals surface area contributed by atoms with Gasteiger partial charge in [0.25, 0.3) is 0 Å². The van der Waals surface area contributed by atoms with Crippen molar-refractivity contribution in [3.05, 3.63) is 23.9 Å². The summed E-state index contributed by atoms with van der Waals surface area (Å²) in [6, 6.07) is 5.95. The quantitative estimate of drug-likeness (QED) is 0.647. The van der Waals surface area contributed by atoms with E-state index in [1.165, 1.54) is 12.8 Å². The molecule has 2 nitrogen and oxygen atoms in total. The SMILES string of the molecule is CCCCCOc1cccc(CC)n1. The third-order valence-corrected chi connectivity index (χ3v) is 2.14. The number of hydrogen-bond acceptors (Lipinski definition) is 2. The lowest BCUT2D eigenvalue weighted by Crippen LogP contribution is -2.00. The van der Waals surface area contributed by atoms with Crippen molar-refractivity contribution < 1.29 is 4.74 Å². The monoisotopic (exact) mass is 193 g/mol. The van der Waals surface area contributed by atoms with Crippen LogP contribution < -0.4 is 4.74 Å². The van der Waals surface area contributed by atoms with Gasteiger partial charge >= 0.3 is 0 Å². The van der Waals surface area contributed by atoms with E-state index in [0.717, 1.165) is 31.0 Å². The summed E-state index contributed by atoms with van der Waals surface area (Å²) in [5.41, 5.74) is 1.10. The summed E-state index contributed by atoms with van der Waals surface area (Å²) in [5.74, 6) is 0.764. The van der Waals surface area contributed by atoms with Gasteiger partial charge in [0.2, 0.25) is 5.88 Å². The zero-order chi connectivity index (χ0) is 10.2. The van der Waals surface area contributed by atoms with Gasteiger partial charge < -0.3 is 4.74 Å². The minimum Gasteiger partial charge on any atom is -0.478 e. The van der Waals surface area contributed by atoms with Gasteiger partial charge in [-0.1, -0.05) is 32.8 Å². The molecule has 0 amide bonds. The number of hydrogen-bond donors (Lipinski definition) is 0. The van der Waals surface area contributed by atoms with Crippen LogP contribution >= 0.6 is 0 Å². The number of unbranched alkanes of at least 4 members (excludes halogenated alkanes) is 2. The number of pyridine rings is 1. The Morgan fingerprint density at radius 3 is 2.79 bits per heavy atom. The van der Waals surface area contributed by atoms with Crippen molar-refractivity contribution in [2.45, 2.75) is 39.5 Å². The maximum absolute atomic E-state index is 5.54. The molecule has 0 spiro atoms. The summed E-state index contributed by atoms with van der Waals surface area (Å²) in [6.45, 7) is 5.08. The fraction of sp³-hybridized carbons (Fsp3) is 0.583. The first kappa shape index (κ1) is 11.0. The predicted octanol–water partition coefficient (Wildman–Crippen LogP) is 3.21. The van der Waals surface area contributed by atoms with Gasteiger partial charge in [-0.3, -0.25) is 0 Å². The highest BCUT2D eigenvalue weighted by Gasteiger charge is 1.96. The molecule has 0 atom stereocenters. The highest BCUT2D eigenvalue weighted by molar-refractivity contribution is 5.15. The molecule has 1 rings (SSSR count). The van der Waals surface area contributed by atoms with Crippen LogP contribution in [-0.4, -0.2) is 11.6 Å².